The summed E-state index contributed by atoms with van der Waals surface area (Å²) in [4.78, 5) is 6.73. The fourth-order valence-electron chi connectivity index (χ4n) is 2.40. The lowest BCUT2D eigenvalue weighted by atomic mass is 10.2. The first-order valence-electron chi connectivity index (χ1n) is 8.15. The number of sulfonamides is 1. The fourth-order valence-corrected chi connectivity index (χ4v) is 3.24. The first-order valence-corrected chi connectivity index (χ1v) is 10.5. The summed E-state index contributed by atoms with van der Waals surface area (Å²) in [6.07, 6.45) is 0. The first-order chi connectivity index (χ1) is 12.3. The molecule has 0 unspecified atom stereocenters. The van der Waals surface area contributed by atoms with Crippen LogP contribution in [0.1, 0.15) is 18.1 Å². The van der Waals surface area contributed by atoms with Gasteiger partial charge in [0.2, 0.25) is 10.0 Å². The SMILES string of the molecule is CCNC(=NCc1cccc(S(N)(=O)=O)c1)N(C)Cc1ccc(Br)cc1.I. The number of hydrogen-bond acceptors (Lipinski definition) is 3. The zero-order chi connectivity index (χ0) is 19.2. The lowest BCUT2D eigenvalue weighted by Gasteiger charge is -2.22. The van der Waals surface area contributed by atoms with Gasteiger partial charge in [0.15, 0.2) is 5.96 Å². The number of guanidine groups is 1. The van der Waals surface area contributed by atoms with Crippen LogP contribution < -0.4 is 10.5 Å². The fraction of sp³-hybridized carbons (Fsp3) is 0.278. The molecule has 148 valence electrons. The summed E-state index contributed by atoms with van der Waals surface area (Å²) in [5, 5.41) is 8.44. The molecule has 0 aromatic heterocycles. The van der Waals surface area contributed by atoms with Gasteiger partial charge >= 0.3 is 0 Å². The van der Waals surface area contributed by atoms with E-state index in [1.54, 1.807) is 12.1 Å². The lowest BCUT2D eigenvalue weighted by Crippen LogP contribution is -2.38. The Kier molecular flexibility index (Phi) is 9.71. The van der Waals surface area contributed by atoms with Crippen molar-refractivity contribution in [1.82, 2.24) is 10.2 Å². The van der Waals surface area contributed by atoms with Crippen LogP contribution in [0.2, 0.25) is 0 Å². The number of halogens is 2. The van der Waals surface area contributed by atoms with Crippen molar-refractivity contribution in [1.29, 1.82) is 0 Å². The number of hydrogen-bond donors (Lipinski definition) is 2. The molecule has 0 heterocycles. The molecule has 2 aromatic rings. The summed E-state index contributed by atoms with van der Waals surface area (Å²) in [7, 11) is -1.75. The number of nitrogens with one attached hydrogen (secondary N) is 1. The van der Waals surface area contributed by atoms with Crippen molar-refractivity contribution in [2.24, 2.45) is 10.1 Å². The molecule has 0 atom stereocenters. The maximum absolute atomic E-state index is 11.5. The van der Waals surface area contributed by atoms with Gasteiger partial charge in [0.05, 0.1) is 11.4 Å². The third-order valence-corrected chi connectivity index (χ3v) is 5.11. The van der Waals surface area contributed by atoms with Crippen LogP contribution in [0.4, 0.5) is 0 Å². The molecule has 6 nitrogen and oxygen atoms in total. The van der Waals surface area contributed by atoms with Crippen LogP contribution >= 0.6 is 39.9 Å². The number of primary sulfonamides is 1. The molecule has 0 aliphatic carbocycles. The summed E-state index contributed by atoms with van der Waals surface area (Å²) in [6, 6.07) is 14.7. The van der Waals surface area contributed by atoms with Crippen LogP contribution in [0, 0.1) is 0 Å². The Morgan fingerprint density at radius 3 is 2.44 bits per heavy atom. The molecule has 9 heteroatoms. The third-order valence-electron chi connectivity index (χ3n) is 3.67. The summed E-state index contributed by atoms with van der Waals surface area (Å²) < 4.78 is 24.0. The normalized spacial score (nSPS) is 11.6. The zero-order valence-corrected chi connectivity index (χ0v) is 20.0. The molecule has 0 aliphatic rings. The standard InChI is InChI=1S/C18H23BrN4O2S.HI/c1-3-21-18(23(2)13-14-7-9-16(19)10-8-14)22-12-15-5-4-6-17(11-15)26(20,24)25;/h4-11H,3,12-13H2,1-2H3,(H,21,22)(H2,20,24,25);1H. The van der Waals surface area contributed by atoms with Crippen LogP contribution in [0.25, 0.3) is 0 Å². The van der Waals surface area contributed by atoms with Gasteiger partial charge in [-0.05, 0) is 42.3 Å². The van der Waals surface area contributed by atoms with E-state index in [0.29, 0.717) is 13.1 Å². The molecule has 0 radical (unpaired) electrons. The molecular formula is C18H24BrIN4O2S. The van der Waals surface area contributed by atoms with E-state index in [9.17, 15) is 8.42 Å². The number of nitrogens with two attached hydrogens (primary N) is 1. The number of aliphatic imine (C=N–C) groups is 1. The van der Waals surface area contributed by atoms with Gasteiger partial charge in [-0.1, -0.05) is 40.2 Å². The Hall–Kier alpha value is -1.17. The molecule has 0 saturated carbocycles. The Labute approximate surface area is 186 Å². The quantitative estimate of drug-likeness (QED) is 0.319. The highest BCUT2D eigenvalue weighted by molar-refractivity contribution is 14.0. The van der Waals surface area contributed by atoms with E-state index in [4.69, 9.17) is 5.14 Å². The second-order valence-electron chi connectivity index (χ2n) is 5.85. The molecule has 0 aliphatic heterocycles. The van der Waals surface area contributed by atoms with Gasteiger partial charge in [0, 0.05) is 24.6 Å². The van der Waals surface area contributed by atoms with Crippen molar-refractivity contribution < 1.29 is 8.42 Å². The Morgan fingerprint density at radius 1 is 1.19 bits per heavy atom. The van der Waals surface area contributed by atoms with E-state index in [0.717, 1.165) is 28.1 Å². The minimum absolute atomic E-state index is 0. The predicted molar refractivity (Wildman–Crippen MR) is 124 cm³/mol. The summed E-state index contributed by atoms with van der Waals surface area (Å²) in [6.45, 7) is 3.80. The number of benzene rings is 2. The van der Waals surface area contributed by atoms with E-state index in [1.807, 2.05) is 37.1 Å². The second-order valence-corrected chi connectivity index (χ2v) is 8.32. The maximum Gasteiger partial charge on any atom is 0.238 e. The van der Waals surface area contributed by atoms with Crippen LogP contribution in [-0.4, -0.2) is 32.9 Å². The van der Waals surface area contributed by atoms with Crippen molar-refractivity contribution in [2.75, 3.05) is 13.6 Å². The molecule has 2 rings (SSSR count). The average molecular weight is 567 g/mol. The van der Waals surface area contributed by atoms with E-state index in [-0.39, 0.29) is 28.9 Å². The van der Waals surface area contributed by atoms with Gasteiger partial charge in [0.25, 0.3) is 0 Å². The molecule has 0 saturated heterocycles. The topological polar surface area (TPSA) is 87.8 Å². The van der Waals surface area contributed by atoms with Gasteiger partial charge in [-0.15, -0.1) is 24.0 Å². The highest BCUT2D eigenvalue weighted by Gasteiger charge is 2.09. The van der Waals surface area contributed by atoms with Gasteiger partial charge in [-0.2, -0.15) is 0 Å². The van der Waals surface area contributed by atoms with Gasteiger partial charge in [0.1, 0.15) is 0 Å². The highest BCUT2D eigenvalue weighted by Crippen LogP contribution is 2.13. The lowest BCUT2D eigenvalue weighted by molar-refractivity contribution is 0.477. The van der Waals surface area contributed by atoms with Crippen molar-refractivity contribution in [2.45, 2.75) is 24.9 Å². The highest BCUT2D eigenvalue weighted by atomic mass is 127. The van der Waals surface area contributed by atoms with Crippen molar-refractivity contribution in [3.63, 3.8) is 0 Å². The summed E-state index contributed by atoms with van der Waals surface area (Å²) in [5.74, 6) is 0.747. The van der Waals surface area contributed by atoms with Crippen LogP contribution in [0.3, 0.4) is 0 Å². The zero-order valence-electron chi connectivity index (χ0n) is 15.2. The van der Waals surface area contributed by atoms with E-state index in [1.165, 1.54) is 6.07 Å². The maximum atomic E-state index is 11.5. The van der Waals surface area contributed by atoms with Crippen LogP contribution in [-0.2, 0) is 23.1 Å². The molecule has 2 aromatic carbocycles. The van der Waals surface area contributed by atoms with Crippen LogP contribution in [0.15, 0.2) is 62.9 Å². The number of rotatable bonds is 6. The Bertz CT molecular complexity index is 873. The minimum atomic E-state index is -3.71. The molecule has 27 heavy (non-hydrogen) atoms. The first kappa shape index (κ1) is 23.9. The number of nitrogens with zero attached hydrogens (tertiary/aromatic N) is 2. The molecule has 0 amide bonds. The van der Waals surface area contributed by atoms with Crippen molar-refractivity contribution >= 4 is 55.9 Å². The minimum Gasteiger partial charge on any atom is -0.357 e. The largest absolute Gasteiger partial charge is 0.357 e. The summed E-state index contributed by atoms with van der Waals surface area (Å²) >= 11 is 3.43. The van der Waals surface area contributed by atoms with Gasteiger partial charge < -0.3 is 10.2 Å². The van der Waals surface area contributed by atoms with E-state index in [2.05, 4.69) is 38.4 Å². The van der Waals surface area contributed by atoms with E-state index >= 15 is 0 Å². The Morgan fingerprint density at radius 2 is 1.85 bits per heavy atom. The van der Waals surface area contributed by atoms with E-state index < -0.39 is 10.0 Å². The van der Waals surface area contributed by atoms with Gasteiger partial charge in [-0.3, -0.25) is 0 Å². The van der Waals surface area contributed by atoms with Crippen molar-refractivity contribution in [3.8, 4) is 0 Å². The summed E-state index contributed by atoms with van der Waals surface area (Å²) in [5.41, 5.74) is 1.95. The molecule has 0 bridgehead atoms. The third kappa shape index (κ3) is 7.76. The van der Waals surface area contributed by atoms with Crippen molar-refractivity contribution in [3.05, 3.63) is 64.1 Å². The molecule has 0 fully saturated rings. The van der Waals surface area contributed by atoms with Crippen LogP contribution in [0.5, 0.6) is 0 Å². The molecular weight excluding hydrogens is 543 g/mol. The monoisotopic (exact) mass is 566 g/mol. The predicted octanol–water partition coefficient (Wildman–Crippen LogP) is 3.31. The molecule has 3 N–H and O–H groups in total. The molecule has 0 spiro atoms. The second kappa shape index (κ2) is 11.0. The average Bonchev–Trinajstić information content (AvgIpc) is 2.60. The Balaban J connectivity index is 0.00000364. The van der Waals surface area contributed by atoms with Gasteiger partial charge in [-0.25, -0.2) is 18.5 Å². The smallest absolute Gasteiger partial charge is 0.238 e.